The summed E-state index contributed by atoms with van der Waals surface area (Å²) in [5.74, 6) is 1.33. The Labute approximate surface area is 143 Å². The molecule has 0 aliphatic heterocycles. The number of furan rings is 1. The first-order chi connectivity index (χ1) is 11.5. The first-order valence-corrected chi connectivity index (χ1v) is 9.41. The van der Waals surface area contributed by atoms with E-state index in [1.54, 1.807) is 30.3 Å². The molecule has 0 radical (unpaired) electrons. The van der Waals surface area contributed by atoms with Crippen LogP contribution in [0.4, 0.5) is 0 Å². The first-order valence-electron chi connectivity index (χ1n) is 6.98. The lowest BCUT2D eigenvalue weighted by Gasteiger charge is -2.11. The molecule has 7 nitrogen and oxygen atoms in total. The van der Waals surface area contributed by atoms with Crippen LogP contribution in [0.5, 0.6) is 0 Å². The quantitative estimate of drug-likeness (QED) is 0.620. The third-order valence-corrected chi connectivity index (χ3v) is 5.88. The maximum Gasteiger partial charge on any atom is 0.284 e. The van der Waals surface area contributed by atoms with Crippen molar-refractivity contribution in [2.75, 3.05) is 14.1 Å². The van der Waals surface area contributed by atoms with Crippen LogP contribution in [0.15, 0.2) is 61.6 Å². The van der Waals surface area contributed by atoms with Gasteiger partial charge < -0.3 is 8.83 Å². The highest BCUT2D eigenvalue weighted by Crippen LogP contribution is 2.26. The van der Waals surface area contributed by atoms with Crippen molar-refractivity contribution in [3.05, 3.63) is 48.2 Å². The molecule has 0 atom stereocenters. The number of nitrogens with zero attached hydrogens (tertiary/aromatic N) is 3. The highest BCUT2D eigenvalue weighted by Gasteiger charge is 2.17. The normalized spacial score (nSPS) is 12.0. The fourth-order valence-corrected chi connectivity index (χ4v) is 3.60. The van der Waals surface area contributed by atoms with Crippen molar-refractivity contribution in [3.8, 4) is 11.7 Å². The SMILES string of the molecule is CN(C)S(=O)(=O)c1cccc(CSc2nnc(-c3ccco3)o2)c1. The topological polar surface area (TPSA) is 89.4 Å². The molecule has 0 saturated heterocycles. The van der Waals surface area contributed by atoms with Crippen molar-refractivity contribution in [1.29, 1.82) is 0 Å². The zero-order valence-corrected chi connectivity index (χ0v) is 14.7. The van der Waals surface area contributed by atoms with Gasteiger partial charge in [0.25, 0.3) is 11.1 Å². The van der Waals surface area contributed by atoms with Crippen molar-refractivity contribution >= 4 is 21.8 Å². The second-order valence-corrected chi connectivity index (χ2v) is 8.15. The molecule has 9 heteroatoms. The van der Waals surface area contributed by atoms with Gasteiger partial charge in [-0.05, 0) is 29.8 Å². The Bertz CT molecular complexity index is 918. The molecule has 1 aromatic carbocycles. The summed E-state index contributed by atoms with van der Waals surface area (Å²) in [5, 5.41) is 8.25. The van der Waals surface area contributed by atoms with Crippen LogP contribution in [0.1, 0.15) is 5.56 Å². The van der Waals surface area contributed by atoms with Gasteiger partial charge in [0.15, 0.2) is 5.76 Å². The molecule has 0 saturated carbocycles. The number of sulfonamides is 1. The number of thioether (sulfide) groups is 1. The van der Waals surface area contributed by atoms with Gasteiger partial charge in [-0.25, -0.2) is 12.7 Å². The molecular weight excluding hydrogens is 350 g/mol. The van der Waals surface area contributed by atoms with Crippen LogP contribution in [0.3, 0.4) is 0 Å². The summed E-state index contributed by atoms with van der Waals surface area (Å²) in [5.41, 5.74) is 0.848. The molecule has 0 spiro atoms. The highest BCUT2D eigenvalue weighted by molar-refractivity contribution is 7.98. The van der Waals surface area contributed by atoms with Gasteiger partial charge >= 0.3 is 0 Å². The zero-order chi connectivity index (χ0) is 17.2. The molecule has 24 heavy (non-hydrogen) atoms. The maximum atomic E-state index is 12.2. The largest absolute Gasteiger partial charge is 0.459 e. The van der Waals surface area contributed by atoms with Crippen LogP contribution in [-0.2, 0) is 15.8 Å². The summed E-state index contributed by atoms with van der Waals surface area (Å²) in [4.78, 5) is 0.257. The van der Waals surface area contributed by atoms with Crippen LogP contribution < -0.4 is 0 Å². The van der Waals surface area contributed by atoms with E-state index in [1.165, 1.54) is 36.4 Å². The number of aromatic nitrogens is 2. The Morgan fingerprint density at radius 2 is 2.00 bits per heavy atom. The van der Waals surface area contributed by atoms with Gasteiger partial charge in [0.05, 0.1) is 11.2 Å². The Morgan fingerprint density at radius 1 is 1.17 bits per heavy atom. The van der Waals surface area contributed by atoms with Crippen LogP contribution in [0.2, 0.25) is 0 Å². The fraction of sp³-hybridized carbons (Fsp3) is 0.200. The molecule has 0 N–H and O–H groups in total. The Morgan fingerprint density at radius 3 is 2.71 bits per heavy atom. The molecule has 0 amide bonds. The highest BCUT2D eigenvalue weighted by atomic mass is 32.2. The lowest BCUT2D eigenvalue weighted by molar-refractivity contribution is 0.447. The standard InChI is InChI=1S/C15H15N3O4S2/c1-18(2)24(19,20)12-6-3-5-11(9-12)10-23-15-17-16-14(22-15)13-7-4-8-21-13/h3-9H,10H2,1-2H3. The summed E-state index contributed by atoms with van der Waals surface area (Å²) in [6, 6.07) is 10.3. The third-order valence-electron chi connectivity index (χ3n) is 3.18. The minimum Gasteiger partial charge on any atom is -0.459 e. The van der Waals surface area contributed by atoms with E-state index >= 15 is 0 Å². The molecule has 2 aromatic heterocycles. The average molecular weight is 365 g/mol. The summed E-state index contributed by atoms with van der Waals surface area (Å²) in [6.07, 6.45) is 1.53. The van der Waals surface area contributed by atoms with Gasteiger partial charge in [-0.1, -0.05) is 23.9 Å². The Hall–Kier alpha value is -2.10. The summed E-state index contributed by atoms with van der Waals surface area (Å²) >= 11 is 1.33. The van der Waals surface area contributed by atoms with Gasteiger partial charge in [-0.3, -0.25) is 0 Å². The molecule has 3 rings (SSSR count). The third kappa shape index (κ3) is 3.53. The maximum absolute atomic E-state index is 12.2. The predicted octanol–water partition coefficient (Wildman–Crippen LogP) is 2.87. The fourth-order valence-electron chi connectivity index (χ4n) is 1.92. The van der Waals surface area contributed by atoms with E-state index in [0.717, 1.165) is 5.56 Å². The second-order valence-electron chi connectivity index (χ2n) is 5.07. The Kier molecular flexibility index (Phi) is 4.74. The first kappa shape index (κ1) is 16.7. The summed E-state index contributed by atoms with van der Waals surface area (Å²) in [6.45, 7) is 0. The van der Waals surface area contributed by atoms with Crippen molar-refractivity contribution in [3.63, 3.8) is 0 Å². The predicted molar refractivity (Wildman–Crippen MR) is 88.9 cm³/mol. The minimum absolute atomic E-state index is 0.257. The van der Waals surface area contributed by atoms with Crippen LogP contribution in [0, 0.1) is 0 Å². The smallest absolute Gasteiger partial charge is 0.284 e. The molecule has 0 aliphatic rings. The molecule has 3 aromatic rings. The number of rotatable bonds is 6. The zero-order valence-electron chi connectivity index (χ0n) is 13.0. The van der Waals surface area contributed by atoms with Crippen molar-refractivity contribution in [2.45, 2.75) is 15.9 Å². The molecule has 0 aliphatic carbocycles. The molecular formula is C15H15N3O4S2. The van der Waals surface area contributed by atoms with E-state index in [4.69, 9.17) is 8.83 Å². The van der Waals surface area contributed by atoms with Gasteiger partial charge in [-0.2, -0.15) is 0 Å². The average Bonchev–Trinajstić information content (AvgIpc) is 3.24. The number of benzene rings is 1. The lowest BCUT2D eigenvalue weighted by atomic mass is 10.2. The number of hydrogen-bond donors (Lipinski definition) is 0. The van der Waals surface area contributed by atoms with E-state index in [9.17, 15) is 8.42 Å². The van der Waals surface area contributed by atoms with E-state index in [1.807, 2.05) is 6.07 Å². The van der Waals surface area contributed by atoms with Crippen LogP contribution in [0.25, 0.3) is 11.7 Å². The van der Waals surface area contributed by atoms with Crippen molar-refractivity contribution in [1.82, 2.24) is 14.5 Å². The van der Waals surface area contributed by atoms with Crippen LogP contribution >= 0.6 is 11.8 Å². The van der Waals surface area contributed by atoms with E-state index in [2.05, 4.69) is 10.2 Å². The van der Waals surface area contributed by atoms with Gasteiger partial charge in [0.2, 0.25) is 10.0 Å². The minimum atomic E-state index is -3.45. The summed E-state index contributed by atoms with van der Waals surface area (Å²) < 4.78 is 36.2. The monoisotopic (exact) mass is 365 g/mol. The number of hydrogen-bond acceptors (Lipinski definition) is 7. The second kappa shape index (κ2) is 6.80. The van der Waals surface area contributed by atoms with Gasteiger partial charge in [-0.15, -0.1) is 10.2 Å². The molecule has 0 bridgehead atoms. The van der Waals surface area contributed by atoms with Crippen LogP contribution in [-0.4, -0.2) is 37.0 Å². The van der Waals surface area contributed by atoms with Gasteiger partial charge in [0.1, 0.15) is 0 Å². The molecule has 2 heterocycles. The molecule has 126 valence electrons. The van der Waals surface area contributed by atoms with Crippen molar-refractivity contribution in [2.24, 2.45) is 0 Å². The van der Waals surface area contributed by atoms with E-state index < -0.39 is 10.0 Å². The molecule has 0 unspecified atom stereocenters. The van der Waals surface area contributed by atoms with E-state index in [0.29, 0.717) is 22.6 Å². The summed E-state index contributed by atoms with van der Waals surface area (Å²) in [7, 11) is -0.437. The van der Waals surface area contributed by atoms with Gasteiger partial charge in [0, 0.05) is 19.8 Å². The molecule has 0 fully saturated rings. The van der Waals surface area contributed by atoms with E-state index in [-0.39, 0.29) is 4.90 Å². The Balaban J connectivity index is 1.71. The van der Waals surface area contributed by atoms with Crippen molar-refractivity contribution < 1.29 is 17.3 Å². The lowest BCUT2D eigenvalue weighted by Crippen LogP contribution is -2.22.